The van der Waals surface area contributed by atoms with Crippen LogP contribution in [0.1, 0.15) is 17.6 Å². The first-order chi connectivity index (χ1) is 8.17. The van der Waals surface area contributed by atoms with E-state index >= 15 is 0 Å². The van der Waals surface area contributed by atoms with Crippen molar-refractivity contribution in [3.63, 3.8) is 0 Å². The van der Waals surface area contributed by atoms with Crippen LogP contribution < -0.4 is 0 Å². The van der Waals surface area contributed by atoms with Crippen molar-refractivity contribution in [1.29, 1.82) is 0 Å². The van der Waals surface area contributed by atoms with Crippen molar-refractivity contribution in [3.05, 3.63) is 33.5 Å². The Balaban J connectivity index is 1.90. The molecule has 0 saturated heterocycles. The third-order valence-corrected chi connectivity index (χ3v) is 3.56. The Morgan fingerprint density at radius 3 is 2.94 bits per heavy atom. The fourth-order valence-corrected chi connectivity index (χ4v) is 2.47. The lowest BCUT2D eigenvalue weighted by Crippen LogP contribution is -2.22. The van der Waals surface area contributed by atoms with Gasteiger partial charge in [0.1, 0.15) is 0 Å². The smallest absolute Gasteiger partial charge is 0.0930 e. The van der Waals surface area contributed by atoms with Crippen molar-refractivity contribution in [2.45, 2.75) is 26.6 Å². The molecule has 0 aliphatic rings. The zero-order valence-electron chi connectivity index (χ0n) is 9.93. The Labute approximate surface area is 110 Å². The van der Waals surface area contributed by atoms with E-state index < -0.39 is 0 Å². The Kier molecular flexibility index (Phi) is 4.15. The summed E-state index contributed by atoms with van der Waals surface area (Å²) in [4.78, 5) is 6.69. The number of aryl methyl sites for hydroxylation is 1. The highest BCUT2D eigenvalue weighted by molar-refractivity contribution is 7.09. The molecule has 2 heterocycles. The van der Waals surface area contributed by atoms with Gasteiger partial charge in [0.25, 0.3) is 0 Å². The van der Waals surface area contributed by atoms with E-state index in [4.69, 9.17) is 11.6 Å². The molecule has 0 spiro atoms. The summed E-state index contributed by atoms with van der Waals surface area (Å²) in [6.07, 6.45) is 4.47. The van der Waals surface area contributed by atoms with Gasteiger partial charge in [-0.2, -0.15) is 5.10 Å². The lowest BCUT2D eigenvalue weighted by Gasteiger charge is -2.14. The van der Waals surface area contributed by atoms with E-state index in [2.05, 4.69) is 27.3 Å². The number of halogens is 1. The van der Waals surface area contributed by atoms with E-state index in [0.29, 0.717) is 11.7 Å². The van der Waals surface area contributed by atoms with Crippen molar-refractivity contribution < 1.29 is 0 Å². The number of hydrogen-bond donors (Lipinski definition) is 0. The average Bonchev–Trinajstić information content (AvgIpc) is 2.88. The highest BCUT2D eigenvalue weighted by Crippen LogP contribution is 2.12. The second kappa shape index (κ2) is 5.62. The lowest BCUT2D eigenvalue weighted by atomic mass is 10.4. The molecule has 4 nitrogen and oxygen atoms in total. The maximum Gasteiger partial charge on any atom is 0.0930 e. The van der Waals surface area contributed by atoms with Crippen molar-refractivity contribution in [3.8, 4) is 0 Å². The molecule has 0 atom stereocenters. The average molecular weight is 271 g/mol. The van der Waals surface area contributed by atoms with Crippen LogP contribution in [0, 0.1) is 0 Å². The van der Waals surface area contributed by atoms with Crippen molar-refractivity contribution >= 4 is 22.9 Å². The van der Waals surface area contributed by atoms with Crippen LogP contribution in [0.3, 0.4) is 0 Å². The van der Waals surface area contributed by atoms with Crippen molar-refractivity contribution in [2.24, 2.45) is 0 Å². The minimum absolute atomic E-state index is 0.667. The first-order valence-corrected chi connectivity index (χ1v) is 6.73. The summed E-state index contributed by atoms with van der Waals surface area (Å²) in [5.74, 6) is 0. The molecule has 0 fully saturated rings. The monoisotopic (exact) mass is 270 g/mol. The molecule has 0 unspecified atom stereocenters. The van der Waals surface area contributed by atoms with Gasteiger partial charge in [0.15, 0.2) is 0 Å². The van der Waals surface area contributed by atoms with E-state index in [1.54, 1.807) is 17.5 Å². The van der Waals surface area contributed by atoms with Gasteiger partial charge in [-0.25, -0.2) is 4.98 Å². The summed E-state index contributed by atoms with van der Waals surface area (Å²) in [5, 5.41) is 8.12. The van der Waals surface area contributed by atoms with Crippen LogP contribution in [0.2, 0.25) is 5.02 Å². The fourth-order valence-electron chi connectivity index (χ4n) is 1.57. The minimum atomic E-state index is 0.667. The third-order valence-electron chi connectivity index (χ3n) is 2.32. The molecule has 0 bridgehead atoms. The second-order valence-corrected chi connectivity index (χ2v) is 5.32. The number of hydrogen-bond acceptors (Lipinski definition) is 4. The number of rotatable bonds is 5. The van der Waals surface area contributed by atoms with Crippen LogP contribution >= 0.6 is 22.9 Å². The van der Waals surface area contributed by atoms with E-state index in [1.807, 2.05) is 17.9 Å². The van der Waals surface area contributed by atoms with Crippen LogP contribution in [-0.4, -0.2) is 26.7 Å². The van der Waals surface area contributed by atoms with Gasteiger partial charge in [-0.1, -0.05) is 18.5 Å². The van der Waals surface area contributed by atoms with Gasteiger partial charge >= 0.3 is 0 Å². The fraction of sp³-hybridized carbons (Fsp3) is 0.455. The van der Waals surface area contributed by atoms with Crippen LogP contribution in [0.4, 0.5) is 0 Å². The molecule has 17 heavy (non-hydrogen) atoms. The SMILES string of the molecule is CCc1nc(CN(C)Cn2cc(Cl)cn2)cs1. The van der Waals surface area contributed by atoms with Crippen molar-refractivity contribution in [1.82, 2.24) is 19.7 Å². The second-order valence-electron chi connectivity index (χ2n) is 3.94. The molecule has 2 rings (SSSR count). The largest absolute Gasteiger partial charge is 0.282 e. The highest BCUT2D eigenvalue weighted by atomic mass is 35.5. The maximum absolute atomic E-state index is 5.81. The maximum atomic E-state index is 5.81. The normalized spacial score (nSPS) is 11.3. The molecule has 0 aliphatic heterocycles. The molecule has 0 saturated carbocycles. The van der Waals surface area contributed by atoms with E-state index in [0.717, 1.165) is 18.7 Å². The van der Waals surface area contributed by atoms with Gasteiger partial charge in [-0.05, 0) is 13.5 Å². The molecule has 2 aromatic rings. The Morgan fingerprint density at radius 1 is 1.53 bits per heavy atom. The van der Waals surface area contributed by atoms with Gasteiger partial charge in [0.05, 0.1) is 28.6 Å². The van der Waals surface area contributed by atoms with E-state index in [-0.39, 0.29) is 0 Å². The van der Waals surface area contributed by atoms with Gasteiger partial charge in [-0.15, -0.1) is 11.3 Å². The molecule has 2 aromatic heterocycles. The third kappa shape index (κ3) is 3.52. The van der Waals surface area contributed by atoms with E-state index in [1.165, 1.54) is 5.01 Å². The zero-order valence-corrected chi connectivity index (χ0v) is 11.5. The van der Waals surface area contributed by atoms with Gasteiger partial charge < -0.3 is 0 Å². The molecule has 0 N–H and O–H groups in total. The molecule has 0 radical (unpaired) electrons. The Hall–Kier alpha value is -0.910. The number of nitrogens with zero attached hydrogens (tertiary/aromatic N) is 4. The molecule has 0 aromatic carbocycles. The van der Waals surface area contributed by atoms with Crippen LogP contribution in [0.25, 0.3) is 0 Å². The highest BCUT2D eigenvalue weighted by Gasteiger charge is 2.05. The topological polar surface area (TPSA) is 34.0 Å². The molecular formula is C11H15ClN4S. The number of aromatic nitrogens is 3. The van der Waals surface area contributed by atoms with Gasteiger partial charge in [0.2, 0.25) is 0 Å². The zero-order chi connectivity index (χ0) is 12.3. The van der Waals surface area contributed by atoms with Gasteiger partial charge in [-0.3, -0.25) is 9.58 Å². The first-order valence-electron chi connectivity index (χ1n) is 5.47. The number of thiazole rings is 1. The summed E-state index contributed by atoms with van der Waals surface area (Å²) in [6.45, 7) is 3.66. The minimum Gasteiger partial charge on any atom is -0.282 e. The van der Waals surface area contributed by atoms with E-state index in [9.17, 15) is 0 Å². The summed E-state index contributed by atoms with van der Waals surface area (Å²) in [6, 6.07) is 0. The predicted molar refractivity (Wildman–Crippen MR) is 70.2 cm³/mol. The molecular weight excluding hydrogens is 256 g/mol. The molecule has 92 valence electrons. The quantitative estimate of drug-likeness (QED) is 0.838. The molecule has 6 heteroatoms. The van der Waals surface area contributed by atoms with Crippen LogP contribution in [-0.2, 0) is 19.6 Å². The van der Waals surface area contributed by atoms with Crippen molar-refractivity contribution in [2.75, 3.05) is 7.05 Å². The summed E-state index contributed by atoms with van der Waals surface area (Å²) in [5.41, 5.74) is 1.12. The summed E-state index contributed by atoms with van der Waals surface area (Å²) in [7, 11) is 2.04. The molecule has 0 amide bonds. The Morgan fingerprint density at radius 2 is 2.35 bits per heavy atom. The standard InChI is InChI=1S/C11H15ClN4S/c1-3-11-14-10(7-17-11)6-15(2)8-16-5-9(12)4-13-16/h4-5,7H,3,6,8H2,1-2H3. The summed E-state index contributed by atoms with van der Waals surface area (Å²) < 4.78 is 1.81. The van der Waals surface area contributed by atoms with Gasteiger partial charge in [0, 0.05) is 18.1 Å². The Bertz CT molecular complexity index is 479. The van der Waals surface area contributed by atoms with Crippen LogP contribution in [0.5, 0.6) is 0 Å². The summed E-state index contributed by atoms with van der Waals surface area (Å²) >= 11 is 7.53. The molecule has 0 aliphatic carbocycles. The van der Waals surface area contributed by atoms with Crippen LogP contribution in [0.15, 0.2) is 17.8 Å². The first kappa shape index (κ1) is 12.5. The predicted octanol–water partition coefficient (Wildman–Crippen LogP) is 2.64. The lowest BCUT2D eigenvalue weighted by molar-refractivity contribution is 0.244.